The van der Waals surface area contributed by atoms with Gasteiger partial charge in [-0.1, -0.05) is 17.7 Å². The SMILES string of the molecule is Cc1ccc([S@](=O)[C@@]23N=NC[C@@H]2COC3=O)cc1. The Kier molecular flexibility index (Phi) is 2.55. The molecule has 3 atom stereocenters. The molecule has 0 spiro atoms. The summed E-state index contributed by atoms with van der Waals surface area (Å²) in [6, 6.07) is 7.25. The van der Waals surface area contributed by atoms with Crippen LogP contribution in [-0.2, 0) is 20.3 Å². The average molecular weight is 264 g/mol. The molecule has 0 aliphatic carbocycles. The minimum absolute atomic E-state index is 0.202. The van der Waals surface area contributed by atoms with Gasteiger partial charge in [0, 0.05) is 4.90 Å². The zero-order valence-corrected chi connectivity index (χ0v) is 10.6. The van der Waals surface area contributed by atoms with Crippen LogP contribution in [0.2, 0.25) is 0 Å². The fourth-order valence-electron chi connectivity index (χ4n) is 2.21. The van der Waals surface area contributed by atoms with E-state index < -0.39 is 21.6 Å². The van der Waals surface area contributed by atoms with E-state index in [-0.39, 0.29) is 12.5 Å². The molecule has 2 heterocycles. The summed E-state index contributed by atoms with van der Waals surface area (Å²) in [5.74, 6) is -0.722. The molecule has 0 radical (unpaired) electrons. The van der Waals surface area contributed by atoms with E-state index >= 15 is 0 Å². The molecule has 0 saturated carbocycles. The Hall–Kier alpha value is -1.56. The Labute approximate surface area is 107 Å². The van der Waals surface area contributed by atoms with Gasteiger partial charge in [0.1, 0.15) is 6.61 Å². The maximum absolute atomic E-state index is 12.6. The van der Waals surface area contributed by atoms with Crippen LogP contribution in [0.15, 0.2) is 39.4 Å². The Morgan fingerprint density at radius 1 is 1.39 bits per heavy atom. The van der Waals surface area contributed by atoms with Gasteiger partial charge in [-0.05, 0) is 19.1 Å². The molecule has 0 unspecified atom stereocenters. The van der Waals surface area contributed by atoms with Gasteiger partial charge in [0.05, 0.1) is 23.3 Å². The molecule has 5 nitrogen and oxygen atoms in total. The topological polar surface area (TPSA) is 68.1 Å². The Bertz CT molecular complexity index is 555. The summed E-state index contributed by atoms with van der Waals surface area (Å²) >= 11 is 0. The molecular formula is C12H12N2O3S. The van der Waals surface area contributed by atoms with Gasteiger partial charge < -0.3 is 4.74 Å². The standard InChI is InChI=1S/C12H12N2O3S/c1-8-2-4-10(5-3-8)18(16)12-9(6-13-14-12)7-17-11(12)15/h2-5,9H,6-7H2,1H3/t9-,12+,18+/m1/s1. The van der Waals surface area contributed by atoms with Crippen molar-refractivity contribution in [1.29, 1.82) is 0 Å². The fourth-order valence-corrected chi connectivity index (χ4v) is 3.74. The zero-order chi connectivity index (χ0) is 12.8. The van der Waals surface area contributed by atoms with Crippen molar-refractivity contribution in [3.05, 3.63) is 29.8 Å². The first kappa shape index (κ1) is 11.5. The molecule has 0 N–H and O–H groups in total. The molecule has 1 aromatic rings. The smallest absolute Gasteiger partial charge is 0.350 e. The lowest BCUT2D eigenvalue weighted by Gasteiger charge is -2.18. The Morgan fingerprint density at radius 2 is 2.11 bits per heavy atom. The number of rotatable bonds is 2. The highest BCUT2D eigenvalue weighted by Gasteiger charge is 2.61. The minimum Gasteiger partial charge on any atom is -0.463 e. The lowest BCUT2D eigenvalue weighted by molar-refractivity contribution is -0.140. The number of carbonyl (C=O) groups excluding carboxylic acids is 1. The lowest BCUT2D eigenvalue weighted by atomic mass is 10.1. The van der Waals surface area contributed by atoms with Gasteiger partial charge in [0.15, 0.2) is 0 Å². The number of ether oxygens (including phenoxy) is 1. The lowest BCUT2D eigenvalue weighted by Crippen LogP contribution is -2.41. The molecule has 94 valence electrons. The fraction of sp³-hybridized carbons (Fsp3) is 0.417. The minimum atomic E-state index is -1.56. The highest BCUT2D eigenvalue weighted by molar-refractivity contribution is 7.87. The van der Waals surface area contributed by atoms with Crippen molar-refractivity contribution in [1.82, 2.24) is 0 Å². The number of esters is 1. The molecular weight excluding hydrogens is 252 g/mol. The van der Waals surface area contributed by atoms with Crippen molar-refractivity contribution in [2.75, 3.05) is 13.2 Å². The van der Waals surface area contributed by atoms with E-state index in [1.165, 1.54) is 0 Å². The summed E-state index contributed by atoms with van der Waals surface area (Å²) in [5.41, 5.74) is 1.08. The van der Waals surface area contributed by atoms with Crippen molar-refractivity contribution >= 4 is 16.8 Å². The van der Waals surface area contributed by atoms with Crippen molar-refractivity contribution < 1.29 is 13.7 Å². The molecule has 3 rings (SSSR count). The molecule has 2 aliphatic heterocycles. The van der Waals surface area contributed by atoms with Crippen LogP contribution in [0.1, 0.15) is 5.56 Å². The van der Waals surface area contributed by atoms with E-state index in [2.05, 4.69) is 10.2 Å². The summed E-state index contributed by atoms with van der Waals surface area (Å²) < 4.78 is 17.6. The molecule has 1 aromatic carbocycles. The van der Waals surface area contributed by atoms with Gasteiger partial charge in [-0.25, -0.2) is 4.79 Å². The molecule has 2 aliphatic rings. The maximum Gasteiger partial charge on any atom is 0.350 e. The van der Waals surface area contributed by atoms with E-state index in [1.54, 1.807) is 12.1 Å². The molecule has 0 amide bonds. The van der Waals surface area contributed by atoms with E-state index in [9.17, 15) is 9.00 Å². The number of aryl methyl sites for hydroxylation is 1. The number of hydrogen-bond acceptors (Lipinski definition) is 5. The molecule has 1 saturated heterocycles. The number of hydrogen-bond donors (Lipinski definition) is 0. The third-order valence-corrected chi connectivity index (χ3v) is 5.15. The van der Waals surface area contributed by atoms with E-state index in [0.29, 0.717) is 11.4 Å². The van der Waals surface area contributed by atoms with Crippen LogP contribution < -0.4 is 0 Å². The molecule has 0 aromatic heterocycles. The van der Waals surface area contributed by atoms with Crippen LogP contribution in [0.4, 0.5) is 0 Å². The monoisotopic (exact) mass is 264 g/mol. The first-order valence-corrected chi connectivity index (χ1v) is 6.84. The van der Waals surface area contributed by atoms with Crippen LogP contribution in [0, 0.1) is 12.8 Å². The molecule has 18 heavy (non-hydrogen) atoms. The first-order valence-electron chi connectivity index (χ1n) is 5.69. The summed E-state index contributed by atoms with van der Waals surface area (Å²) in [4.78, 5) is 11.2. The zero-order valence-electron chi connectivity index (χ0n) is 9.83. The first-order chi connectivity index (χ1) is 8.64. The van der Waals surface area contributed by atoms with Crippen LogP contribution in [0.3, 0.4) is 0 Å². The largest absolute Gasteiger partial charge is 0.463 e. The Morgan fingerprint density at radius 3 is 2.83 bits per heavy atom. The van der Waals surface area contributed by atoms with Crippen molar-refractivity contribution in [2.24, 2.45) is 16.1 Å². The molecule has 1 fully saturated rings. The van der Waals surface area contributed by atoms with Gasteiger partial charge in [-0.15, -0.1) is 0 Å². The van der Waals surface area contributed by atoms with Crippen LogP contribution >= 0.6 is 0 Å². The summed E-state index contributed by atoms with van der Waals surface area (Å²) in [6.45, 7) is 2.61. The quantitative estimate of drug-likeness (QED) is 0.759. The normalized spacial score (nSPS) is 31.2. The van der Waals surface area contributed by atoms with E-state index in [4.69, 9.17) is 4.74 Å². The van der Waals surface area contributed by atoms with Crippen LogP contribution in [0.5, 0.6) is 0 Å². The summed E-state index contributed by atoms with van der Waals surface area (Å²) in [6.07, 6.45) is 0. The summed E-state index contributed by atoms with van der Waals surface area (Å²) in [7, 11) is -1.56. The Balaban J connectivity index is 2.03. The molecule has 0 bridgehead atoms. The third-order valence-electron chi connectivity index (χ3n) is 3.30. The highest BCUT2D eigenvalue weighted by atomic mass is 32.2. The van der Waals surface area contributed by atoms with Gasteiger partial charge in [-0.3, -0.25) is 4.21 Å². The van der Waals surface area contributed by atoms with Gasteiger partial charge in [-0.2, -0.15) is 10.2 Å². The number of fused-ring (bicyclic) bond motifs is 1. The number of carbonyl (C=O) groups is 1. The maximum atomic E-state index is 12.6. The van der Waals surface area contributed by atoms with Gasteiger partial charge in [0.2, 0.25) is 0 Å². The number of cyclic esters (lactones) is 1. The number of nitrogens with zero attached hydrogens (tertiary/aromatic N) is 2. The number of benzene rings is 1. The number of azo groups is 1. The van der Waals surface area contributed by atoms with Crippen molar-refractivity contribution in [2.45, 2.75) is 16.7 Å². The summed E-state index contributed by atoms with van der Waals surface area (Å²) in [5, 5.41) is 7.84. The van der Waals surface area contributed by atoms with E-state index in [1.807, 2.05) is 19.1 Å². The highest BCUT2D eigenvalue weighted by Crippen LogP contribution is 2.41. The van der Waals surface area contributed by atoms with Gasteiger partial charge >= 0.3 is 5.97 Å². The van der Waals surface area contributed by atoms with Crippen molar-refractivity contribution in [3.8, 4) is 0 Å². The van der Waals surface area contributed by atoms with E-state index in [0.717, 1.165) is 5.56 Å². The second-order valence-electron chi connectivity index (χ2n) is 4.50. The second-order valence-corrected chi connectivity index (χ2v) is 6.13. The van der Waals surface area contributed by atoms with Gasteiger partial charge in [0.25, 0.3) is 4.87 Å². The predicted octanol–water partition coefficient (Wildman–Crippen LogP) is 1.44. The third kappa shape index (κ3) is 1.45. The average Bonchev–Trinajstić information content (AvgIpc) is 2.92. The molecule has 6 heteroatoms. The van der Waals surface area contributed by atoms with Crippen molar-refractivity contribution in [3.63, 3.8) is 0 Å². The van der Waals surface area contributed by atoms with Crippen LogP contribution in [-0.4, -0.2) is 28.2 Å². The van der Waals surface area contributed by atoms with Crippen LogP contribution in [0.25, 0.3) is 0 Å². The predicted molar refractivity (Wildman–Crippen MR) is 64.5 cm³/mol. The second kappa shape index (κ2) is 3.98.